The molecule has 1 aliphatic carbocycles. The molecule has 1 aromatic carbocycles. The smallest absolute Gasteiger partial charge is 0.152 e. The minimum Gasteiger partial charge on any atom is -0.323 e. The second kappa shape index (κ2) is 4.32. The molecule has 0 unspecified atom stereocenters. The number of hydrogen-bond donors (Lipinski definition) is 0. The maximum atomic E-state index is 11.9. The zero-order valence-corrected chi connectivity index (χ0v) is 9.80. The second-order valence-electron chi connectivity index (χ2n) is 4.90. The number of aromatic nitrogens is 2. The number of para-hydroxylation sites is 2. The molecule has 1 heterocycles. The van der Waals surface area contributed by atoms with Gasteiger partial charge in [-0.05, 0) is 18.1 Å². The summed E-state index contributed by atoms with van der Waals surface area (Å²) in [6.45, 7) is 0.469. The van der Waals surface area contributed by atoms with Crippen LogP contribution >= 0.6 is 0 Å². The number of hydrogen-bond acceptors (Lipinski definition) is 2. The Bertz CT molecular complexity index is 540. The summed E-state index contributed by atoms with van der Waals surface area (Å²) < 4.78 is 1.95. The summed E-state index contributed by atoms with van der Waals surface area (Å²) in [5, 5.41) is 0. The molecule has 0 amide bonds. The lowest BCUT2D eigenvalue weighted by atomic mass is 9.82. The van der Waals surface area contributed by atoms with Crippen molar-refractivity contribution in [3.63, 3.8) is 0 Å². The molecule has 3 heteroatoms. The molecule has 1 aromatic heterocycles. The van der Waals surface area contributed by atoms with Crippen molar-refractivity contribution >= 4 is 16.8 Å². The van der Waals surface area contributed by atoms with Crippen LogP contribution in [0, 0.1) is 5.92 Å². The Hall–Kier alpha value is -1.64. The van der Waals surface area contributed by atoms with E-state index < -0.39 is 0 Å². The van der Waals surface area contributed by atoms with Crippen molar-refractivity contribution in [2.24, 2.45) is 5.92 Å². The summed E-state index contributed by atoms with van der Waals surface area (Å²) >= 11 is 0. The first-order valence-corrected chi connectivity index (χ1v) is 6.24. The number of benzene rings is 1. The predicted octanol–water partition coefficient (Wildman–Crippen LogP) is 2.80. The van der Waals surface area contributed by atoms with Gasteiger partial charge in [-0.3, -0.25) is 4.79 Å². The van der Waals surface area contributed by atoms with Gasteiger partial charge >= 0.3 is 0 Å². The van der Waals surface area contributed by atoms with Gasteiger partial charge in [0.15, 0.2) is 5.78 Å². The molecule has 0 N–H and O–H groups in total. The fraction of sp³-hybridized carbons (Fsp3) is 0.429. The average molecular weight is 228 g/mol. The third kappa shape index (κ3) is 2.09. The molecule has 0 saturated heterocycles. The highest BCUT2D eigenvalue weighted by Crippen LogP contribution is 2.29. The van der Waals surface area contributed by atoms with Gasteiger partial charge in [0.2, 0.25) is 0 Å². The third-order valence-electron chi connectivity index (χ3n) is 3.62. The monoisotopic (exact) mass is 228 g/mol. The molecule has 1 saturated carbocycles. The first kappa shape index (κ1) is 10.5. The highest BCUT2D eigenvalue weighted by molar-refractivity contribution is 5.82. The van der Waals surface area contributed by atoms with E-state index in [-0.39, 0.29) is 0 Å². The number of fused-ring (bicyclic) bond motifs is 1. The van der Waals surface area contributed by atoms with Crippen LogP contribution in [0.1, 0.15) is 25.7 Å². The van der Waals surface area contributed by atoms with Gasteiger partial charge in [-0.15, -0.1) is 0 Å². The van der Waals surface area contributed by atoms with E-state index >= 15 is 0 Å². The maximum Gasteiger partial charge on any atom is 0.152 e. The summed E-state index contributed by atoms with van der Waals surface area (Å²) in [5.74, 6) is 0.982. The Balaban J connectivity index is 1.73. The van der Waals surface area contributed by atoms with Crippen molar-refractivity contribution in [2.75, 3.05) is 0 Å². The number of carbonyl (C=O) groups is 1. The molecular formula is C14H16N2O. The zero-order chi connectivity index (χ0) is 11.7. The topological polar surface area (TPSA) is 34.9 Å². The van der Waals surface area contributed by atoms with E-state index in [4.69, 9.17) is 0 Å². The summed E-state index contributed by atoms with van der Waals surface area (Å²) in [6.07, 6.45) is 6.27. The number of rotatable bonds is 4. The SMILES string of the molecule is O=C(CC1CCC1)Cn1cnc2ccccc21. The molecule has 0 bridgehead atoms. The summed E-state index contributed by atoms with van der Waals surface area (Å²) in [5.41, 5.74) is 2.01. The first-order chi connectivity index (χ1) is 8.33. The van der Waals surface area contributed by atoms with Crippen LogP contribution in [0.4, 0.5) is 0 Å². The van der Waals surface area contributed by atoms with Crippen molar-refractivity contribution in [1.82, 2.24) is 9.55 Å². The second-order valence-corrected chi connectivity index (χ2v) is 4.90. The van der Waals surface area contributed by atoms with Crippen LogP contribution in [0.3, 0.4) is 0 Å². The Morgan fingerprint density at radius 1 is 1.35 bits per heavy atom. The van der Waals surface area contributed by atoms with Gasteiger partial charge in [0.1, 0.15) is 0 Å². The van der Waals surface area contributed by atoms with Crippen LogP contribution in [0.5, 0.6) is 0 Å². The molecule has 3 nitrogen and oxygen atoms in total. The minimum absolute atomic E-state index is 0.331. The average Bonchev–Trinajstić information content (AvgIpc) is 2.68. The van der Waals surface area contributed by atoms with Crippen LogP contribution in [-0.2, 0) is 11.3 Å². The quantitative estimate of drug-likeness (QED) is 0.806. The van der Waals surface area contributed by atoms with Crippen molar-refractivity contribution in [3.8, 4) is 0 Å². The van der Waals surface area contributed by atoms with Gasteiger partial charge in [-0.1, -0.05) is 31.4 Å². The molecule has 17 heavy (non-hydrogen) atoms. The molecule has 1 aliphatic rings. The van der Waals surface area contributed by atoms with Crippen molar-refractivity contribution in [1.29, 1.82) is 0 Å². The molecule has 0 spiro atoms. The van der Waals surface area contributed by atoms with Crippen molar-refractivity contribution in [3.05, 3.63) is 30.6 Å². The molecule has 2 aromatic rings. The van der Waals surface area contributed by atoms with E-state index in [1.165, 1.54) is 19.3 Å². The number of imidazole rings is 1. The zero-order valence-electron chi connectivity index (χ0n) is 9.80. The number of ketones is 1. The van der Waals surface area contributed by atoms with Crippen LogP contribution in [0.25, 0.3) is 11.0 Å². The lowest BCUT2D eigenvalue weighted by Crippen LogP contribution is -2.18. The first-order valence-electron chi connectivity index (χ1n) is 6.24. The molecule has 0 atom stereocenters. The van der Waals surface area contributed by atoms with Gasteiger partial charge in [0, 0.05) is 6.42 Å². The van der Waals surface area contributed by atoms with Crippen LogP contribution < -0.4 is 0 Å². The molecule has 3 rings (SSSR count). The van der Waals surface area contributed by atoms with Crippen LogP contribution in [0.2, 0.25) is 0 Å². The molecule has 0 radical (unpaired) electrons. The Labute approximate surface area is 100 Å². The fourth-order valence-electron chi connectivity index (χ4n) is 2.41. The highest BCUT2D eigenvalue weighted by Gasteiger charge is 2.20. The molecule has 88 valence electrons. The van der Waals surface area contributed by atoms with Gasteiger partial charge in [-0.25, -0.2) is 4.98 Å². The number of nitrogens with zero attached hydrogens (tertiary/aromatic N) is 2. The number of Topliss-reactive ketones (excluding diaryl/α,β-unsaturated/α-hetero) is 1. The van der Waals surface area contributed by atoms with E-state index in [0.717, 1.165) is 17.5 Å². The Morgan fingerprint density at radius 3 is 2.94 bits per heavy atom. The van der Waals surface area contributed by atoms with Crippen molar-refractivity contribution in [2.45, 2.75) is 32.2 Å². The van der Waals surface area contributed by atoms with Gasteiger partial charge in [0.25, 0.3) is 0 Å². The Kier molecular flexibility index (Phi) is 2.67. The predicted molar refractivity (Wildman–Crippen MR) is 66.7 cm³/mol. The highest BCUT2D eigenvalue weighted by atomic mass is 16.1. The van der Waals surface area contributed by atoms with E-state index in [0.29, 0.717) is 18.2 Å². The molecule has 1 fully saturated rings. The van der Waals surface area contributed by atoms with Crippen molar-refractivity contribution < 1.29 is 4.79 Å². The summed E-state index contributed by atoms with van der Waals surface area (Å²) in [4.78, 5) is 16.2. The maximum absolute atomic E-state index is 11.9. The van der Waals surface area contributed by atoms with E-state index in [1.54, 1.807) is 6.33 Å². The van der Waals surface area contributed by atoms with Crippen LogP contribution in [-0.4, -0.2) is 15.3 Å². The summed E-state index contributed by atoms with van der Waals surface area (Å²) in [7, 11) is 0. The fourth-order valence-corrected chi connectivity index (χ4v) is 2.41. The standard InChI is InChI=1S/C14H16N2O/c17-12(8-11-4-3-5-11)9-16-10-15-13-6-1-2-7-14(13)16/h1-2,6-7,10-11H,3-5,8-9H2. The van der Waals surface area contributed by atoms with Gasteiger partial charge in [0.05, 0.1) is 23.9 Å². The van der Waals surface area contributed by atoms with Gasteiger partial charge < -0.3 is 4.57 Å². The van der Waals surface area contributed by atoms with Crippen LogP contribution in [0.15, 0.2) is 30.6 Å². The minimum atomic E-state index is 0.331. The number of carbonyl (C=O) groups excluding carboxylic acids is 1. The van der Waals surface area contributed by atoms with E-state index in [1.807, 2.05) is 28.8 Å². The van der Waals surface area contributed by atoms with Gasteiger partial charge in [-0.2, -0.15) is 0 Å². The van der Waals surface area contributed by atoms with E-state index in [9.17, 15) is 4.79 Å². The lowest BCUT2D eigenvalue weighted by molar-refractivity contribution is -0.121. The molecular weight excluding hydrogens is 212 g/mol. The normalized spacial score (nSPS) is 16.0. The molecule has 0 aliphatic heterocycles. The largest absolute Gasteiger partial charge is 0.323 e. The van der Waals surface area contributed by atoms with E-state index in [2.05, 4.69) is 4.98 Å². The summed E-state index contributed by atoms with van der Waals surface area (Å²) in [6, 6.07) is 7.94. The third-order valence-corrected chi connectivity index (χ3v) is 3.62. The lowest BCUT2D eigenvalue weighted by Gasteiger charge is -2.24. The Morgan fingerprint density at radius 2 is 2.18 bits per heavy atom.